The van der Waals surface area contributed by atoms with Crippen LogP contribution in [0.4, 0.5) is 10.1 Å². The van der Waals surface area contributed by atoms with Gasteiger partial charge in [-0.15, -0.1) is 0 Å². The maximum atomic E-state index is 13.9. The highest BCUT2D eigenvalue weighted by molar-refractivity contribution is 5.49. The number of rotatable bonds is 4. The van der Waals surface area contributed by atoms with Crippen LogP contribution in [0.3, 0.4) is 0 Å². The predicted octanol–water partition coefficient (Wildman–Crippen LogP) is 3.23. The Morgan fingerprint density at radius 3 is 3.00 bits per heavy atom. The van der Waals surface area contributed by atoms with E-state index >= 15 is 0 Å². The molecule has 2 atom stereocenters. The highest BCUT2D eigenvalue weighted by atomic mass is 19.1. The Kier molecular flexibility index (Phi) is 4.97. The summed E-state index contributed by atoms with van der Waals surface area (Å²) in [5, 5.41) is 12.0. The van der Waals surface area contributed by atoms with Gasteiger partial charge in [-0.05, 0) is 57.0 Å². The molecule has 2 rings (SSSR count). The fourth-order valence-corrected chi connectivity index (χ4v) is 2.85. The molecule has 1 aliphatic heterocycles. The van der Waals surface area contributed by atoms with Crippen LogP contribution < -0.4 is 5.32 Å². The van der Waals surface area contributed by atoms with Gasteiger partial charge >= 0.3 is 0 Å². The second kappa shape index (κ2) is 6.71. The van der Waals surface area contributed by atoms with Gasteiger partial charge in [0.15, 0.2) is 0 Å². The number of likely N-dealkylation sites (tertiary alicyclic amines) is 1. The van der Waals surface area contributed by atoms with Crippen molar-refractivity contribution in [2.24, 2.45) is 5.92 Å². The van der Waals surface area contributed by atoms with Gasteiger partial charge in [0.2, 0.25) is 0 Å². The van der Waals surface area contributed by atoms with E-state index in [0.29, 0.717) is 17.2 Å². The summed E-state index contributed by atoms with van der Waals surface area (Å²) in [6, 6.07) is 6.77. The van der Waals surface area contributed by atoms with Crippen molar-refractivity contribution in [3.8, 4) is 6.07 Å². The molecule has 0 spiro atoms. The smallest absolute Gasteiger partial charge is 0.147 e. The van der Waals surface area contributed by atoms with Crippen LogP contribution in [-0.4, -0.2) is 30.6 Å². The molecule has 1 saturated heterocycles. The Labute approximate surface area is 120 Å². The van der Waals surface area contributed by atoms with E-state index in [9.17, 15) is 4.39 Å². The third-order valence-electron chi connectivity index (χ3n) is 4.18. The normalized spacial score (nSPS) is 21.2. The number of anilines is 1. The largest absolute Gasteiger partial charge is 0.380 e. The molecule has 1 N–H and O–H groups in total. The minimum Gasteiger partial charge on any atom is -0.380 e. The predicted molar refractivity (Wildman–Crippen MR) is 79.0 cm³/mol. The first-order valence-corrected chi connectivity index (χ1v) is 7.32. The Hall–Kier alpha value is -1.60. The van der Waals surface area contributed by atoms with Crippen LogP contribution in [0.25, 0.3) is 0 Å². The van der Waals surface area contributed by atoms with Crippen LogP contribution in [0.1, 0.15) is 32.3 Å². The van der Waals surface area contributed by atoms with Gasteiger partial charge in [-0.3, -0.25) is 0 Å². The second-order valence-electron chi connectivity index (χ2n) is 5.53. The van der Waals surface area contributed by atoms with Crippen LogP contribution in [0.5, 0.6) is 0 Å². The summed E-state index contributed by atoms with van der Waals surface area (Å²) in [5.41, 5.74) is 0.848. The third kappa shape index (κ3) is 3.49. The molecule has 108 valence electrons. The van der Waals surface area contributed by atoms with Gasteiger partial charge in [0.25, 0.3) is 0 Å². The first-order chi connectivity index (χ1) is 9.63. The molecule has 3 nitrogen and oxygen atoms in total. The monoisotopic (exact) mass is 275 g/mol. The summed E-state index contributed by atoms with van der Waals surface area (Å²) in [5.74, 6) is 0.192. The van der Waals surface area contributed by atoms with Crippen molar-refractivity contribution in [2.75, 3.05) is 25.0 Å². The molecule has 0 amide bonds. The van der Waals surface area contributed by atoms with Crippen molar-refractivity contribution in [1.82, 2.24) is 4.90 Å². The molecule has 0 aromatic heterocycles. The summed E-state index contributed by atoms with van der Waals surface area (Å²) in [7, 11) is 0. The van der Waals surface area contributed by atoms with Gasteiger partial charge in [-0.2, -0.15) is 5.26 Å². The summed E-state index contributed by atoms with van der Waals surface area (Å²) in [6.45, 7) is 7.62. The molecule has 1 aromatic carbocycles. The van der Waals surface area contributed by atoms with Crippen molar-refractivity contribution in [2.45, 2.75) is 32.7 Å². The molecule has 2 unspecified atom stereocenters. The zero-order valence-electron chi connectivity index (χ0n) is 12.2. The van der Waals surface area contributed by atoms with Crippen LogP contribution >= 0.6 is 0 Å². The summed E-state index contributed by atoms with van der Waals surface area (Å²) >= 11 is 0. The zero-order chi connectivity index (χ0) is 14.5. The van der Waals surface area contributed by atoms with Crippen LogP contribution in [0, 0.1) is 23.1 Å². The fourth-order valence-electron chi connectivity index (χ4n) is 2.85. The molecular formula is C16H22FN3. The number of hydrogen-bond donors (Lipinski definition) is 1. The molecule has 20 heavy (non-hydrogen) atoms. The van der Waals surface area contributed by atoms with Crippen LogP contribution in [0.2, 0.25) is 0 Å². The molecular weight excluding hydrogens is 253 g/mol. The standard InChI is InChI=1S/C16H22FN3/c1-3-20-8-4-5-14(11-20)12(2)19-16-7-6-13(10-18)9-15(16)17/h6-7,9,12,14,19H,3-5,8,11H2,1-2H3. The quantitative estimate of drug-likeness (QED) is 0.917. The Morgan fingerprint density at radius 1 is 1.55 bits per heavy atom. The molecule has 1 fully saturated rings. The lowest BCUT2D eigenvalue weighted by Gasteiger charge is -2.35. The van der Waals surface area contributed by atoms with Gasteiger partial charge in [-0.1, -0.05) is 6.92 Å². The van der Waals surface area contributed by atoms with Gasteiger partial charge in [0.1, 0.15) is 5.82 Å². The minimum absolute atomic E-state index is 0.229. The van der Waals surface area contributed by atoms with E-state index < -0.39 is 0 Å². The maximum Gasteiger partial charge on any atom is 0.147 e. The first kappa shape index (κ1) is 14.8. The fraction of sp³-hybridized carbons (Fsp3) is 0.562. The van der Waals surface area contributed by atoms with E-state index in [1.54, 1.807) is 12.1 Å². The molecule has 0 saturated carbocycles. The number of nitriles is 1. The number of benzene rings is 1. The molecule has 0 bridgehead atoms. The first-order valence-electron chi connectivity index (χ1n) is 7.32. The lowest BCUT2D eigenvalue weighted by atomic mass is 9.91. The number of piperidine rings is 1. The second-order valence-corrected chi connectivity index (χ2v) is 5.53. The number of nitrogens with one attached hydrogen (secondary N) is 1. The zero-order valence-corrected chi connectivity index (χ0v) is 12.2. The highest BCUT2D eigenvalue weighted by Gasteiger charge is 2.24. The van der Waals surface area contributed by atoms with E-state index in [4.69, 9.17) is 5.26 Å². The Morgan fingerprint density at radius 2 is 2.35 bits per heavy atom. The lowest BCUT2D eigenvalue weighted by molar-refractivity contribution is 0.172. The summed E-state index contributed by atoms with van der Waals surface area (Å²) in [4.78, 5) is 2.45. The van der Waals surface area contributed by atoms with Crippen molar-refractivity contribution in [3.63, 3.8) is 0 Å². The van der Waals surface area contributed by atoms with E-state index in [2.05, 4.69) is 24.1 Å². The van der Waals surface area contributed by atoms with Gasteiger partial charge in [0.05, 0.1) is 17.3 Å². The van der Waals surface area contributed by atoms with Crippen molar-refractivity contribution in [1.29, 1.82) is 5.26 Å². The molecule has 0 aliphatic carbocycles. The van der Waals surface area contributed by atoms with E-state index in [1.807, 2.05) is 6.07 Å². The van der Waals surface area contributed by atoms with Crippen molar-refractivity contribution >= 4 is 5.69 Å². The van der Waals surface area contributed by atoms with E-state index in [1.165, 1.54) is 25.5 Å². The molecule has 1 aliphatic rings. The lowest BCUT2D eigenvalue weighted by Crippen LogP contribution is -2.41. The molecule has 1 heterocycles. The highest BCUT2D eigenvalue weighted by Crippen LogP contribution is 2.24. The average molecular weight is 275 g/mol. The van der Waals surface area contributed by atoms with Gasteiger partial charge in [0, 0.05) is 12.6 Å². The minimum atomic E-state index is -0.348. The number of hydrogen-bond acceptors (Lipinski definition) is 3. The van der Waals surface area contributed by atoms with Gasteiger partial charge in [-0.25, -0.2) is 4.39 Å². The van der Waals surface area contributed by atoms with E-state index in [0.717, 1.165) is 13.1 Å². The van der Waals surface area contributed by atoms with E-state index in [-0.39, 0.29) is 11.9 Å². The average Bonchev–Trinajstić information content (AvgIpc) is 2.49. The maximum absolute atomic E-state index is 13.9. The summed E-state index contributed by atoms with van der Waals surface area (Å²) in [6.07, 6.45) is 2.39. The topological polar surface area (TPSA) is 39.1 Å². The van der Waals surface area contributed by atoms with Gasteiger partial charge < -0.3 is 10.2 Å². The molecule has 0 radical (unpaired) electrons. The Balaban J connectivity index is 2.00. The Bertz CT molecular complexity index is 495. The van der Waals surface area contributed by atoms with Crippen molar-refractivity contribution < 1.29 is 4.39 Å². The van der Waals surface area contributed by atoms with Crippen LogP contribution in [0.15, 0.2) is 18.2 Å². The summed E-state index contributed by atoms with van der Waals surface area (Å²) < 4.78 is 13.9. The molecule has 4 heteroatoms. The van der Waals surface area contributed by atoms with Crippen molar-refractivity contribution in [3.05, 3.63) is 29.6 Å². The number of nitrogens with zero attached hydrogens (tertiary/aromatic N) is 2. The molecule has 1 aromatic rings. The SMILES string of the molecule is CCN1CCCC(C(C)Nc2ccc(C#N)cc2F)C1. The number of halogens is 1. The van der Waals surface area contributed by atoms with Crippen LogP contribution in [-0.2, 0) is 0 Å². The third-order valence-corrected chi connectivity index (χ3v) is 4.18.